The van der Waals surface area contributed by atoms with Crippen molar-refractivity contribution in [2.45, 2.75) is 100 Å². The summed E-state index contributed by atoms with van der Waals surface area (Å²) < 4.78 is 60.9. The molecule has 2 fully saturated rings. The second-order valence-corrected chi connectivity index (χ2v) is 12.4. The molecule has 2 rings (SSSR count). The van der Waals surface area contributed by atoms with Gasteiger partial charge in [-0.1, -0.05) is 12.8 Å². The van der Waals surface area contributed by atoms with Gasteiger partial charge in [-0.2, -0.15) is 24.4 Å². The summed E-state index contributed by atoms with van der Waals surface area (Å²) in [5, 5.41) is 53.8. The van der Waals surface area contributed by atoms with Gasteiger partial charge < -0.3 is 54.3 Å². The van der Waals surface area contributed by atoms with Crippen LogP contribution in [0.25, 0.3) is 0 Å². The minimum atomic E-state index is -5.41. The molecule has 0 spiro atoms. The summed E-state index contributed by atoms with van der Waals surface area (Å²) in [5.74, 6) is 1.93. The van der Waals surface area contributed by atoms with Crippen LogP contribution in [0, 0.1) is 0 Å². The number of carbonyl (C=O) groups excluding carboxylic acids is 1. The Kier molecular flexibility index (Phi) is 20.1. The number of nitrogens with one attached hydrogen (secondary N) is 1. The van der Waals surface area contributed by atoms with Crippen molar-refractivity contribution in [1.29, 1.82) is 0 Å². The molecule has 0 aromatic rings. The van der Waals surface area contributed by atoms with Crippen molar-refractivity contribution in [2.75, 3.05) is 37.1 Å². The zero-order chi connectivity index (χ0) is 30.6. The number of thioether (sulfide) groups is 1. The van der Waals surface area contributed by atoms with Crippen LogP contribution in [-0.4, -0.2) is 143 Å². The summed E-state index contributed by atoms with van der Waals surface area (Å²) in [6, 6.07) is -1.64. The molecule has 42 heavy (non-hydrogen) atoms. The van der Waals surface area contributed by atoms with E-state index in [0.29, 0.717) is 6.42 Å². The summed E-state index contributed by atoms with van der Waals surface area (Å²) in [7, 11) is -5.41. The minimum absolute atomic E-state index is 0. The number of hydrogen-bond donors (Lipinski definition) is 7. The SMILES string of the molecule is CC(=O)N[C@H]1[C@H](O[C@H]2[C@H](O)[C@H](OCCCSCCCCCCS)O[C@@H](CO)[C@H]2O)O[C@H](CO)[C@@H](O)[C@@H]1OS(=O)(=O)[O-].[Na+]. The van der Waals surface area contributed by atoms with Gasteiger partial charge in [0, 0.05) is 6.92 Å². The normalized spacial score (nSPS) is 33.6. The molecule has 15 nitrogen and oxygen atoms in total. The van der Waals surface area contributed by atoms with Gasteiger partial charge in [0.15, 0.2) is 12.6 Å². The largest absolute Gasteiger partial charge is 1.00 e. The van der Waals surface area contributed by atoms with E-state index in [-0.39, 0.29) is 36.2 Å². The average molecular weight is 676 g/mol. The molecule has 10 atom stereocenters. The Bertz CT molecular complexity index is 877. The summed E-state index contributed by atoms with van der Waals surface area (Å²) in [6.45, 7) is -0.324. The molecule has 2 aliphatic rings. The maximum Gasteiger partial charge on any atom is 1.00 e. The molecule has 1 amide bonds. The topological polar surface area (TPSA) is 234 Å². The molecule has 0 aromatic heterocycles. The summed E-state index contributed by atoms with van der Waals surface area (Å²) >= 11 is 5.96. The number of aliphatic hydroxyl groups is 5. The van der Waals surface area contributed by atoms with Crippen molar-refractivity contribution in [2.24, 2.45) is 0 Å². The fourth-order valence-electron chi connectivity index (χ4n) is 4.46. The number of aliphatic hydroxyl groups excluding tert-OH is 5. The number of carbonyl (C=O) groups is 1. The predicted octanol–water partition coefficient (Wildman–Crippen LogP) is -5.13. The minimum Gasteiger partial charge on any atom is -0.726 e. The van der Waals surface area contributed by atoms with E-state index in [4.69, 9.17) is 18.9 Å². The molecule has 0 unspecified atom stereocenters. The monoisotopic (exact) mass is 675 g/mol. The first kappa shape index (κ1) is 40.7. The van der Waals surface area contributed by atoms with Gasteiger partial charge in [-0.05, 0) is 36.5 Å². The molecule has 19 heteroatoms. The zero-order valence-corrected chi connectivity index (χ0v) is 28.3. The summed E-state index contributed by atoms with van der Waals surface area (Å²) in [4.78, 5) is 11.9. The van der Waals surface area contributed by atoms with Crippen LogP contribution in [0.15, 0.2) is 0 Å². The Labute approximate surface area is 278 Å². The Morgan fingerprint density at radius 1 is 0.929 bits per heavy atom. The third kappa shape index (κ3) is 13.2. The Hall–Kier alpha value is 0.680. The van der Waals surface area contributed by atoms with E-state index in [1.165, 1.54) is 0 Å². The Balaban J connectivity index is 0.00000882. The van der Waals surface area contributed by atoms with Gasteiger partial charge in [0.05, 0.1) is 19.8 Å². The van der Waals surface area contributed by atoms with Gasteiger partial charge in [-0.25, -0.2) is 8.42 Å². The number of rotatable bonds is 18. The number of hydrogen-bond acceptors (Lipinski definition) is 16. The molecule has 2 heterocycles. The number of ether oxygens (including phenoxy) is 4. The van der Waals surface area contributed by atoms with Crippen molar-refractivity contribution in [3.05, 3.63) is 0 Å². The first-order chi connectivity index (χ1) is 19.4. The molecular weight excluding hydrogens is 633 g/mol. The van der Waals surface area contributed by atoms with Crippen LogP contribution in [0.5, 0.6) is 0 Å². The maximum atomic E-state index is 11.9. The molecule has 0 radical (unpaired) electrons. The number of thiol groups is 1. The van der Waals surface area contributed by atoms with Crippen LogP contribution in [0.3, 0.4) is 0 Å². The van der Waals surface area contributed by atoms with Crippen molar-refractivity contribution in [1.82, 2.24) is 5.32 Å². The zero-order valence-electron chi connectivity index (χ0n) is 23.7. The van der Waals surface area contributed by atoms with Gasteiger partial charge >= 0.3 is 29.6 Å². The van der Waals surface area contributed by atoms with Crippen LogP contribution >= 0.6 is 24.4 Å². The maximum absolute atomic E-state index is 11.9. The van der Waals surface area contributed by atoms with Gasteiger partial charge in [0.25, 0.3) is 0 Å². The molecular formula is C23H42NNaO14S3. The van der Waals surface area contributed by atoms with E-state index in [1.807, 2.05) is 0 Å². The van der Waals surface area contributed by atoms with E-state index >= 15 is 0 Å². The van der Waals surface area contributed by atoms with E-state index in [2.05, 4.69) is 22.1 Å². The number of unbranched alkanes of at least 4 members (excludes halogenated alkanes) is 3. The quantitative estimate of drug-likeness (QED) is 0.0237. The van der Waals surface area contributed by atoms with Gasteiger partial charge in [-0.3, -0.25) is 8.98 Å². The molecule has 6 N–H and O–H groups in total. The molecule has 242 valence electrons. The summed E-state index contributed by atoms with van der Waals surface area (Å²) in [6.07, 6.45) is -9.52. The van der Waals surface area contributed by atoms with Crippen molar-refractivity contribution >= 4 is 40.7 Å². The first-order valence-corrected chi connectivity index (χ1v) is 16.5. The van der Waals surface area contributed by atoms with Crippen LogP contribution in [0.4, 0.5) is 0 Å². The molecule has 0 aromatic carbocycles. The van der Waals surface area contributed by atoms with Gasteiger partial charge in [0.2, 0.25) is 16.3 Å². The second-order valence-electron chi connectivity index (χ2n) is 9.69. The average Bonchev–Trinajstić information content (AvgIpc) is 2.91. The molecule has 2 saturated heterocycles. The van der Waals surface area contributed by atoms with Crippen LogP contribution in [0.2, 0.25) is 0 Å². The first-order valence-electron chi connectivity index (χ1n) is 13.4. The van der Waals surface area contributed by atoms with Crippen molar-refractivity contribution in [3.8, 4) is 0 Å². The standard InChI is InChI=1S/C23H43NO14S3.Na/c1-13(27)24-16-20(38-41(31,32)33)17(28)14(11-25)35-22(16)37-21-18(29)15(12-26)36-23(19(21)30)34-7-6-10-40-9-5-3-2-4-8-39;/h14-23,25-26,28-30,39H,2-12H2,1H3,(H,24,27)(H,31,32,33);/q;+1/p-1/t14-,15+,16-,17-,18-,19+,20-,21-,22+,23-;/m1./s1. The van der Waals surface area contributed by atoms with Crippen molar-refractivity contribution in [3.63, 3.8) is 0 Å². The number of amides is 1. The Morgan fingerprint density at radius 2 is 1.50 bits per heavy atom. The Morgan fingerprint density at radius 3 is 2.07 bits per heavy atom. The third-order valence-corrected chi connectivity index (χ3v) is 8.41. The van der Waals surface area contributed by atoms with E-state index in [0.717, 1.165) is 49.9 Å². The van der Waals surface area contributed by atoms with Gasteiger partial charge in [-0.15, -0.1) is 0 Å². The fourth-order valence-corrected chi connectivity index (χ4v) is 6.12. The predicted molar refractivity (Wildman–Crippen MR) is 147 cm³/mol. The molecule has 0 saturated carbocycles. The van der Waals surface area contributed by atoms with Crippen molar-refractivity contribution < 1.29 is 96.0 Å². The van der Waals surface area contributed by atoms with E-state index < -0.39 is 90.9 Å². The fraction of sp³-hybridized carbons (Fsp3) is 0.957. The third-order valence-electron chi connectivity index (χ3n) is 6.48. The van der Waals surface area contributed by atoms with E-state index in [9.17, 15) is 43.3 Å². The smallest absolute Gasteiger partial charge is 0.726 e. The van der Waals surface area contributed by atoms with Crippen LogP contribution < -0.4 is 34.9 Å². The van der Waals surface area contributed by atoms with Gasteiger partial charge in [0.1, 0.15) is 48.8 Å². The van der Waals surface area contributed by atoms with Crippen LogP contribution in [-0.2, 0) is 38.3 Å². The van der Waals surface area contributed by atoms with Crippen LogP contribution in [0.1, 0.15) is 39.0 Å². The molecule has 0 bridgehead atoms. The summed E-state index contributed by atoms with van der Waals surface area (Å²) in [5.41, 5.74) is 0. The molecule has 2 aliphatic heterocycles. The molecule has 0 aliphatic carbocycles. The van der Waals surface area contributed by atoms with E-state index in [1.54, 1.807) is 11.8 Å². The second kappa shape index (κ2) is 20.7.